The van der Waals surface area contributed by atoms with E-state index in [-0.39, 0.29) is 70.0 Å². The molecule has 240 valence electrons. The summed E-state index contributed by atoms with van der Waals surface area (Å²) in [7, 11) is 0. The Morgan fingerprint density at radius 3 is 2.45 bits per heavy atom. The number of fused-ring (bicyclic) bond motifs is 9. The standard InChI is InChI=1S/C36H33N3O6S2/c1-3-44-25-15-19(13-14-24(25)45-17-26(40)37-23-12-8-7-9-18(23)2)27-28-21-16-22(31(28)46-33-32(27)47-36(43)38-33)30-29(21)34(41)39(35(30)42)20-10-5-4-6-11-20/h4-15,21-22,27-31H,3,16-17H2,1-2H3,(H,37,40)(H,38,43)/t21?,22?,27-,28?,29?,30?,31?/m1/s1. The number of thioether (sulfide) groups is 1. The van der Waals surface area contributed by atoms with Crippen molar-refractivity contribution in [2.24, 2.45) is 29.6 Å². The molecule has 9 nitrogen and oxygen atoms in total. The number of amides is 3. The molecule has 3 fully saturated rings. The predicted molar refractivity (Wildman–Crippen MR) is 180 cm³/mol. The van der Waals surface area contributed by atoms with E-state index in [1.54, 1.807) is 11.8 Å². The zero-order valence-electron chi connectivity index (χ0n) is 25.8. The highest BCUT2D eigenvalue weighted by Crippen LogP contribution is 2.68. The number of imide groups is 1. The van der Waals surface area contributed by atoms with Crippen LogP contribution >= 0.6 is 23.1 Å². The number of H-pyrrole nitrogens is 1. The Bertz CT molecular complexity index is 1960. The summed E-state index contributed by atoms with van der Waals surface area (Å²) < 4.78 is 12.0. The number of benzene rings is 3. The Morgan fingerprint density at radius 2 is 1.68 bits per heavy atom. The molecular formula is C36H33N3O6S2. The minimum atomic E-state index is -0.380. The van der Waals surface area contributed by atoms with E-state index in [4.69, 9.17) is 9.47 Å². The van der Waals surface area contributed by atoms with Crippen LogP contribution in [0.1, 0.15) is 35.3 Å². The van der Waals surface area contributed by atoms with Crippen molar-refractivity contribution in [3.63, 3.8) is 0 Å². The number of para-hydroxylation sites is 2. The van der Waals surface area contributed by atoms with E-state index in [9.17, 15) is 19.2 Å². The highest BCUT2D eigenvalue weighted by molar-refractivity contribution is 8.00. The lowest BCUT2D eigenvalue weighted by Crippen LogP contribution is -2.42. The van der Waals surface area contributed by atoms with Gasteiger partial charge in [-0.1, -0.05) is 53.8 Å². The second-order valence-electron chi connectivity index (χ2n) is 12.6. The lowest BCUT2D eigenvalue weighted by molar-refractivity contribution is -0.123. The minimum absolute atomic E-state index is 0.000349. The fourth-order valence-electron chi connectivity index (χ4n) is 8.37. The highest BCUT2D eigenvalue weighted by Gasteiger charge is 2.69. The Kier molecular flexibility index (Phi) is 7.48. The fourth-order valence-corrected chi connectivity index (χ4v) is 11.3. The number of nitrogens with zero attached hydrogens (tertiary/aromatic N) is 1. The third-order valence-electron chi connectivity index (χ3n) is 10.1. The summed E-state index contributed by atoms with van der Waals surface area (Å²) in [5, 5.41) is 3.82. The van der Waals surface area contributed by atoms with Crippen LogP contribution in [0.3, 0.4) is 0 Å². The van der Waals surface area contributed by atoms with E-state index in [0.717, 1.165) is 33.1 Å². The number of nitrogens with one attached hydrogen (secondary N) is 2. The molecule has 6 unspecified atom stereocenters. The number of carbonyl (C=O) groups excluding carboxylic acids is 3. The Morgan fingerprint density at radius 1 is 0.936 bits per heavy atom. The molecule has 1 saturated heterocycles. The number of ether oxygens (including phenoxy) is 2. The van der Waals surface area contributed by atoms with E-state index in [1.165, 1.54) is 16.2 Å². The van der Waals surface area contributed by atoms with Crippen molar-refractivity contribution in [3.05, 3.63) is 98.5 Å². The first-order valence-corrected chi connectivity index (χ1v) is 17.6. The first-order valence-electron chi connectivity index (χ1n) is 15.9. The average molecular weight is 668 g/mol. The summed E-state index contributed by atoms with van der Waals surface area (Å²) in [5.74, 6) is -0.353. The Labute approximate surface area is 279 Å². The van der Waals surface area contributed by atoms with Gasteiger partial charge in [0.25, 0.3) is 5.91 Å². The molecule has 4 aliphatic rings. The molecule has 2 saturated carbocycles. The van der Waals surface area contributed by atoms with Gasteiger partial charge in [0.1, 0.15) is 0 Å². The van der Waals surface area contributed by atoms with Crippen LogP contribution in [0.4, 0.5) is 11.4 Å². The van der Waals surface area contributed by atoms with Crippen LogP contribution in [-0.2, 0) is 14.4 Å². The van der Waals surface area contributed by atoms with Gasteiger partial charge in [0.15, 0.2) is 18.1 Å². The van der Waals surface area contributed by atoms with E-state index in [1.807, 2.05) is 86.6 Å². The number of rotatable bonds is 8. The van der Waals surface area contributed by atoms with Gasteiger partial charge in [-0.05, 0) is 79.5 Å². The van der Waals surface area contributed by atoms with Crippen LogP contribution in [0.5, 0.6) is 11.5 Å². The summed E-state index contributed by atoms with van der Waals surface area (Å²) in [6, 6.07) is 22.5. The smallest absolute Gasteiger partial charge is 0.305 e. The van der Waals surface area contributed by atoms with Gasteiger partial charge in [0.2, 0.25) is 11.8 Å². The minimum Gasteiger partial charge on any atom is -0.490 e. The number of anilines is 2. The van der Waals surface area contributed by atoms with Gasteiger partial charge >= 0.3 is 4.87 Å². The van der Waals surface area contributed by atoms with Crippen molar-refractivity contribution in [2.75, 3.05) is 23.4 Å². The van der Waals surface area contributed by atoms with Gasteiger partial charge in [-0.3, -0.25) is 24.1 Å². The lowest BCUT2D eigenvalue weighted by Gasteiger charge is -2.43. The molecule has 2 aliphatic heterocycles. The number of aromatic nitrogens is 1. The van der Waals surface area contributed by atoms with E-state index >= 15 is 0 Å². The molecule has 0 radical (unpaired) electrons. The van der Waals surface area contributed by atoms with Crippen LogP contribution in [0.2, 0.25) is 0 Å². The number of aromatic amines is 1. The number of thiazole rings is 1. The van der Waals surface area contributed by atoms with Gasteiger partial charge in [0, 0.05) is 21.7 Å². The molecule has 47 heavy (non-hydrogen) atoms. The fraction of sp³-hybridized carbons (Fsp3) is 0.333. The number of hydrogen-bond acceptors (Lipinski definition) is 8. The number of aryl methyl sites for hydroxylation is 1. The average Bonchev–Trinajstić information content (AvgIpc) is 3.80. The molecule has 2 bridgehead atoms. The summed E-state index contributed by atoms with van der Waals surface area (Å²) in [6.07, 6.45) is 0.808. The number of carbonyl (C=O) groups is 3. The molecule has 1 aromatic heterocycles. The van der Waals surface area contributed by atoms with Gasteiger partial charge in [-0.25, -0.2) is 0 Å². The first-order chi connectivity index (χ1) is 22.8. The van der Waals surface area contributed by atoms with Crippen LogP contribution in [-0.4, -0.2) is 41.2 Å². The van der Waals surface area contributed by atoms with Crippen molar-refractivity contribution in [3.8, 4) is 11.5 Å². The van der Waals surface area contributed by atoms with E-state index in [2.05, 4.69) is 10.3 Å². The third kappa shape index (κ3) is 4.90. The van der Waals surface area contributed by atoms with Gasteiger partial charge in [-0.15, -0.1) is 11.8 Å². The first kappa shape index (κ1) is 30.0. The van der Waals surface area contributed by atoms with Crippen molar-refractivity contribution >= 4 is 52.2 Å². The van der Waals surface area contributed by atoms with Gasteiger partial charge in [0.05, 0.1) is 29.2 Å². The van der Waals surface area contributed by atoms with E-state index in [0.29, 0.717) is 23.8 Å². The molecule has 2 N–H and O–H groups in total. The molecule has 3 aromatic carbocycles. The van der Waals surface area contributed by atoms with Gasteiger partial charge in [-0.2, -0.15) is 0 Å². The zero-order valence-corrected chi connectivity index (χ0v) is 27.4. The zero-order chi connectivity index (χ0) is 32.4. The molecule has 11 heteroatoms. The highest BCUT2D eigenvalue weighted by atomic mass is 32.2. The van der Waals surface area contributed by atoms with Crippen LogP contribution in [0.15, 0.2) is 82.6 Å². The quantitative estimate of drug-likeness (QED) is 0.227. The molecule has 7 atom stereocenters. The Hall–Kier alpha value is -4.35. The van der Waals surface area contributed by atoms with Crippen LogP contribution in [0, 0.1) is 36.5 Å². The maximum atomic E-state index is 14.0. The monoisotopic (exact) mass is 667 g/mol. The summed E-state index contributed by atoms with van der Waals surface area (Å²) in [6.45, 7) is 4.02. The van der Waals surface area contributed by atoms with E-state index < -0.39 is 0 Å². The van der Waals surface area contributed by atoms with Crippen molar-refractivity contribution in [2.45, 2.75) is 36.5 Å². The second-order valence-corrected chi connectivity index (χ2v) is 14.8. The SMILES string of the molecule is CCOc1cc([C@H]2c3sc(=O)[nH]c3SC3C4CC(C5C(=O)N(c6ccccc6)C(=O)C45)C32)ccc1OCC(=O)Nc1ccccc1C. The molecule has 0 spiro atoms. The molecule has 2 aliphatic carbocycles. The molecule has 8 rings (SSSR count). The van der Waals surface area contributed by atoms with Crippen LogP contribution < -0.4 is 24.6 Å². The normalized spacial score (nSPS) is 26.9. The van der Waals surface area contributed by atoms with Crippen molar-refractivity contribution in [1.29, 1.82) is 0 Å². The van der Waals surface area contributed by atoms with Crippen molar-refractivity contribution < 1.29 is 23.9 Å². The third-order valence-corrected chi connectivity index (χ3v) is 12.7. The maximum Gasteiger partial charge on any atom is 0.305 e. The summed E-state index contributed by atoms with van der Waals surface area (Å²) >= 11 is 2.88. The molecule has 4 aromatic rings. The van der Waals surface area contributed by atoms with Gasteiger partial charge < -0.3 is 19.8 Å². The number of hydrogen-bond donors (Lipinski definition) is 2. The summed E-state index contributed by atoms with van der Waals surface area (Å²) in [5.41, 5.74) is 3.27. The maximum absolute atomic E-state index is 14.0. The largest absolute Gasteiger partial charge is 0.490 e. The van der Waals surface area contributed by atoms with Crippen LogP contribution in [0.25, 0.3) is 0 Å². The molecular weight excluding hydrogens is 635 g/mol. The second kappa shape index (κ2) is 11.7. The predicted octanol–water partition coefficient (Wildman–Crippen LogP) is 5.84. The molecule has 3 heterocycles. The van der Waals surface area contributed by atoms with Crippen molar-refractivity contribution in [1.82, 2.24) is 4.98 Å². The lowest BCUT2D eigenvalue weighted by atomic mass is 9.68. The summed E-state index contributed by atoms with van der Waals surface area (Å²) in [4.78, 5) is 58.5. The topological polar surface area (TPSA) is 118 Å². The Balaban J connectivity index is 1.11. The molecule has 3 amide bonds.